The van der Waals surface area contributed by atoms with Crippen LogP contribution in [0.25, 0.3) is 0 Å². The van der Waals surface area contributed by atoms with Gasteiger partial charge < -0.3 is 5.32 Å². The standard InChI is InChI=1S/C10H21N/c1-4-5-8(2)10(11-3)9-6-7-9/h8-11H,4-7H2,1-3H3. The van der Waals surface area contributed by atoms with Crippen LogP contribution in [0.5, 0.6) is 0 Å². The summed E-state index contributed by atoms with van der Waals surface area (Å²) in [6.07, 6.45) is 5.62. The molecule has 1 nitrogen and oxygen atoms in total. The molecule has 0 aliphatic heterocycles. The van der Waals surface area contributed by atoms with Gasteiger partial charge in [0.25, 0.3) is 0 Å². The lowest BCUT2D eigenvalue weighted by molar-refractivity contribution is 0.340. The fourth-order valence-electron chi connectivity index (χ4n) is 2.08. The van der Waals surface area contributed by atoms with Crippen LogP contribution in [0.3, 0.4) is 0 Å². The van der Waals surface area contributed by atoms with Gasteiger partial charge in [-0.05, 0) is 38.1 Å². The maximum atomic E-state index is 3.45. The van der Waals surface area contributed by atoms with Gasteiger partial charge in [-0.25, -0.2) is 0 Å². The van der Waals surface area contributed by atoms with E-state index in [1.165, 1.54) is 25.7 Å². The van der Waals surface area contributed by atoms with E-state index in [9.17, 15) is 0 Å². The molecule has 1 aliphatic rings. The summed E-state index contributed by atoms with van der Waals surface area (Å²) in [6, 6.07) is 0.801. The fraction of sp³-hybridized carbons (Fsp3) is 1.00. The molecule has 1 saturated carbocycles. The molecule has 0 amide bonds. The molecule has 0 aromatic heterocycles. The molecule has 66 valence electrons. The van der Waals surface area contributed by atoms with E-state index in [2.05, 4.69) is 26.2 Å². The number of rotatable bonds is 5. The monoisotopic (exact) mass is 155 g/mol. The molecular weight excluding hydrogens is 134 g/mol. The lowest BCUT2D eigenvalue weighted by Crippen LogP contribution is -2.33. The topological polar surface area (TPSA) is 12.0 Å². The Balaban J connectivity index is 2.27. The van der Waals surface area contributed by atoms with Crippen molar-refractivity contribution in [3.05, 3.63) is 0 Å². The molecular formula is C10H21N. The van der Waals surface area contributed by atoms with Crippen molar-refractivity contribution in [2.24, 2.45) is 11.8 Å². The van der Waals surface area contributed by atoms with Crippen molar-refractivity contribution in [1.82, 2.24) is 5.32 Å². The first-order chi connectivity index (χ1) is 5.29. The Morgan fingerprint density at radius 1 is 1.45 bits per heavy atom. The van der Waals surface area contributed by atoms with Gasteiger partial charge in [-0.3, -0.25) is 0 Å². The molecule has 0 heterocycles. The summed E-state index contributed by atoms with van der Waals surface area (Å²) in [5, 5.41) is 3.45. The molecule has 1 N–H and O–H groups in total. The van der Waals surface area contributed by atoms with E-state index in [-0.39, 0.29) is 0 Å². The Morgan fingerprint density at radius 2 is 2.09 bits per heavy atom. The highest BCUT2D eigenvalue weighted by molar-refractivity contribution is 4.88. The van der Waals surface area contributed by atoms with Gasteiger partial charge in [-0.2, -0.15) is 0 Å². The molecule has 1 fully saturated rings. The lowest BCUT2D eigenvalue weighted by Gasteiger charge is -2.22. The molecule has 2 unspecified atom stereocenters. The van der Waals surface area contributed by atoms with Crippen molar-refractivity contribution >= 4 is 0 Å². The van der Waals surface area contributed by atoms with E-state index in [0.29, 0.717) is 0 Å². The van der Waals surface area contributed by atoms with Crippen LogP contribution in [0, 0.1) is 11.8 Å². The van der Waals surface area contributed by atoms with Gasteiger partial charge in [0, 0.05) is 6.04 Å². The first-order valence-electron chi connectivity index (χ1n) is 4.96. The first kappa shape index (κ1) is 9.05. The molecule has 0 radical (unpaired) electrons. The lowest BCUT2D eigenvalue weighted by atomic mass is 9.93. The minimum atomic E-state index is 0.801. The van der Waals surface area contributed by atoms with Crippen LogP contribution >= 0.6 is 0 Å². The van der Waals surface area contributed by atoms with Crippen LogP contribution in [0.4, 0.5) is 0 Å². The van der Waals surface area contributed by atoms with E-state index in [4.69, 9.17) is 0 Å². The SMILES string of the molecule is CCCC(C)C(NC)C1CC1. The highest BCUT2D eigenvalue weighted by atomic mass is 14.9. The number of nitrogens with one attached hydrogen (secondary N) is 1. The van der Waals surface area contributed by atoms with Crippen molar-refractivity contribution in [3.8, 4) is 0 Å². The predicted molar refractivity (Wildman–Crippen MR) is 49.6 cm³/mol. The smallest absolute Gasteiger partial charge is 0.0118 e. The number of hydrogen-bond acceptors (Lipinski definition) is 1. The number of hydrogen-bond donors (Lipinski definition) is 1. The average molecular weight is 155 g/mol. The van der Waals surface area contributed by atoms with Crippen molar-refractivity contribution in [3.63, 3.8) is 0 Å². The van der Waals surface area contributed by atoms with Crippen LogP contribution < -0.4 is 5.32 Å². The predicted octanol–water partition coefficient (Wildman–Crippen LogP) is 2.42. The molecule has 0 aromatic carbocycles. The van der Waals surface area contributed by atoms with Crippen LogP contribution in [-0.4, -0.2) is 13.1 Å². The molecule has 1 aliphatic carbocycles. The van der Waals surface area contributed by atoms with Gasteiger partial charge in [0.15, 0.2) is 0 Å². The zero-order valence-corrected chi connectivity index (χ0v) is 8.06. The second kappa shape index (κ2) is 4.10. The van der Waals surface area contributed by atoms with E-state index < -0.39 is 0 Å². The fourth-order valence-corrected chi connectivity index (χ4v) is 2.08. The highest BCUT2D eigenvalue weighted by Crippen LogP contribution is 2.36. The zero-order valence-electron chi connectivity index (χ0n) is 8.06. The highest BCUT2D eigenvalue weighted by Gasteiger charge is 2.32. The minimum absolute atomic E-state index is 0.801. The molecule has 1 heteroatoms. The normalized spacial score (nSPS) is 23.2. The average Bonchev–Trinajstić information content (AvgIpc) is 2.73. The minimum Gasteiger partial charge on any atom is -0.316 e. The van der Waals surface area contributed by atoms with Crippen LogP contribution in [0.1, 0.15) is 39.5 Å². The summed E-state index contributed by atoms with van der Waals surface area (Å²) in [4.78, 5) is 0. The quantitative estimate of drug-likeness (QED) is 0.643. The summed E-state index contributed by atoms with van der Waals surface area (Å²) < 4.78 is 0. The first-order valence-corrected chi connectivity index (χ1v) is 4.96. The van der Waals surface area contributed by atoms with Crippen molar-refractivity contribution in [1.29, 1.82) is 0 Å². The summed E-state index contributed by atoms with van der Waals surface area (Å²) in [7, 11) is 2.11. The molecule has 11 heavy (non-hydrogen) atoms. The summed E-state index contributed by atoms with van der Waals surface area (Å²) >= 11 is 0. The molecule has 0 saturated heterocycles. The maximum Gasteiger partial charge on any atom is 0.0118 e. The Bertz CT molecular complexity index is 107. The Morgan fingerprint density at radius 3 is 2.45 bits per heavy atom. The molecule has 1 rings (SSSR count). The molecule has 0 bridgehead atoms. The van der Waals surface area contributed by atoms with Crippen LogP contribution in [0.15, 0.2) is 0 Å². The van der Waals surface area contributed by atoms with Crippen molar-refractivity contribution in [2.75, 3.05) is 7.05 Å². The van der Waals surface area contributed by atoms with Crippen LogP contribution in [0.2, 0.25) is 0 Å². The molecule has 2 atom stereocenters. The largest absolute Gasteiger partial charge is 0.316 e. The molecule has 0 spiro atoms. The van der Waals surface area contributed by atoms with Gasteiger partial charge in [-0.1, -0.05) is 20.3 Å². The van der Waals surface area contributed by atoms with E-state index in [1.807, 2.05) is 0 Å². The third-order valence-electron chi connectivity index (χ3n) is 2.82. The van der Waals surface area contributed by atoms with E-state index in [0.717, 1.165) is 17.9 Å². The van der Waals surface area contributed by atoms with E-state index >= 15 is 0 Å². The Hall–Kier alpha value is -0.0400. The summed E-state index contributed by atoms with van der Waals surface area (Å²) in [5.74, 6) is 1.87. The summed E-state index contributed by atoms with van der Waals surface area (Å²) in [5.41, 5.74) is 0. The van der Waals surface area contributed by atoms with E-state index in [1.54, 1.807) is 0 Å². The van der Waals surface area contributed by atoms with Crippen molar-refractivity contribution in [2.45, 2.75) is 45.6 Å². The van der Waals surface area contributed by atoms with Crippen molar-refractivity contribution < 1.29 is 0 Å². The maximum absolute atomic E-state index is 3.45. The van der Waals surface area contributed by atoms with Crippen LogP contribution in [-0.2, 0) is 0 Å². The zero-order chi connectivity index (χ0) is 8.27. The van der Waals surface area contributed by atoms with Gasteiger partial charge >= 0.3 is 0 Å². The second-order valence-electron chi connectivity index (χ2n) is 3.92. The Labute approximate surface area is 70.6 Å². The third kappa shape index (κ3) is 2.48. The molecule has 0 aromatic rings. The van der Waals surface area contributed by atoms with Gasteiger partial charge in [0.1, 0.15) is 0 Å². The second-order valence-corrected chi connectivity index (χ2v) is 3.92. The Kier molecular flexibility index (Phi) is 3.38. The van der Waals surface area contributed by atoms with Gasteiger partial charge in [0.05, 0.1) is 0 Å². The third-order valence-corrected chi connectivity index (χ3v) is 2.82. The van der Waals surface area contributed by atoms with Gasteiger partial charge in [0.2, 0.25) is 0 Å². The summed E-state index contributed by atoms with van der Waals surface area (Å²) in [6.45, 7) is 4.65. The van der Waals surface area contributed by atoms with Gasteiger partial charge in [-0.15, -0.1) is 0 Å².